The van der Waals surface area contributed by atoms with Gasteiger partial charge >= 0.3 is 6.09 Å². The molecule has 0 radical (unpaired) electrons. The van der Waals surface area contributed by atoms with Gasteiger partial charge in [0.2, 0.25) is 0 Å². The zero-order valence-corrected chi connectivity index (χ0v) is 16.4. The zero-order chi connectivity index (χ0) is 20.1. The van der Waals surface area contributed by atoms with E-state index in [0.29, 0.717) is 11.4 Å². The average Bonchev–Trinajstić information content (AvgIpc) is 2.69. The van der Waals surface area contributed by atoms with E-state index in [4.69, 9.17) is 4.74 Å². The molecule has 144 valence electrons. The van der Waals surface area contributed by atoms with E-state index in [-0.39, 0.29) is 11.2 Å². The molecule has 0 fully saturated rings. The molecule has 0 heterocycles. The van der Waals surface area contributed by atoms with Crippen LogP contribution in [0.4, 0.5) is 10.5 Å². The van der Waals surface area contributed by atoms with E-state index < -0.39 is 6.09 Å². The first-order valence-corrected chi connectivity index (χ1v) is 9.36. The Hall–Kier alpha value is -3.27. The first-order valence-electron chi connectivity index (χ1n) is 9.36. The van der Waals surface area contributed by atoms with Crippen LogP contribution in [0.5, 0.6) is 11.5 Å². The van der Waals surface area contributed by atoms with E-state index in [9.17, 15) is 9.90 Å². The van der Waals surface area contributed by atoms with Crippen LogP contribution in [0.1, 0.15) is 37.5 Å². The summed E-state index contributed by atoms with van der Waals surface area (Å²) in [5.41, 5.74) is 3.69. The Bertz CT molecular complexity index is 944. The molecule has 3 aromatic rings. The van der Waals surface area contributed by atoms with Crippen molar-refractivity contribution in [1.29, 1.82) is 0 Å². The highest BCUT2D eigenvalue weighted by Crippen LogP contribution is 2.33. The summed E-state index contributed by atoms with van der Waals surface area (Å²) < 4.78 is 5.36. The minimum absolute atomic E-state index is 0.240. The van der Waals surface area contributed by atoms with Crippen LogP contribution in [0.2, 0.25) is 0 Å². The van der Waals surface area contributed by atoms with Crippen molar-refractivity contribution in [1.82, 2.24) is 0 Å². The smallest absolute Gasteiger partial charge is 0.417 e. The summed E-state index contributed by atoms with van der Waals surface area (Å²) >= 11 is 0. The molecule has 0 saturated heterocycles. The Morgan fingerprint density at radius 1 is 0.964 bits per heavy atom. The molecule has 1 amide bonds. The number of amides is 1. The van der Waals surface area contributed by atoms with Crippen molar-refractivity contribution in [3.8, 4) is 11.5 Å². The lowest BCUT2D eigenvalue weighted by molar-refractivity contribution is 0.215. The summed E-state index contributed by atoms with van der Waals surface area (Å²) in [6.45, 7) is 6.29. The Kier molecular flexibility index (Phi) is 5.69. The lowest BCUT2D eigenvalue weighted by Crippen LogP contribution is -2.20. The van der Waals surface area contributed by atoms with Gasteiger partial charge in [-0.15, -0.1) is 0 Å². The molecule has 0 unspecified atom stereocenters. The van der Waals surface area contributed by atoms with E-state index >= 15 is 0 Å². The summed E-state index contributed by atoms with van der Waals surface area (Å²) in [7, 11) is 0. The average molecular weight is 375 g/mol. The molecule has 2 N–H and O–H groups in total. The van der Waals surface area contributed by atoms with E-state index in [1.165, 1.54) is 5.56 Å². The molecular weight excluding hydrogens is 350 g/mol. The summed E-state index contributed by atoms with van der Waals surface area (Å²) in [5, 5.41) is 12.3. The second-order valence-electron chi connectivity index (χ2n) is 7.26. The normalized spacial score (nSPS) is 11.1. The van der Waals surface area contributed by atoms with Gasteiger partial charge in [0.1, 0.15) is 11.5 Å². The highest BCUT2D eigenvalue weighted by Gasteiger charge is 2.23. The van der Waals surface area contributed by atoms with E-state index in [2.05, 4.69) is 26.1 Å². The van der Waals surface area contributed by atoms with Gasteiger partial charge in [-0.1, -0.05) is 57.2 Å². The van der Waals surface area contributed by atoms with Crippen LogP contribution < -0.4 is 10.1 Å². The molecule has 4 heteroatoms. The van der Waals surface area contributed by atoms with E-state index in [1.807, 2.05) is 48.5 Å². The number of carbonyl (C=O) groups is 1. The molecule has 0 atom stereocenters. The summed E-state index contributed by atoms with van der Waals surface area (Å²) in [5.74, 6) is 0.750. The van der Waals surface area contributed by atoms with Gasteiger partial charge in [0.05, 0.1) is 0 Å². The van der Waals surface area contributed by atoms with Gasteiger partial charge < -0.3 is 9.84 Å². The maximum Gasteiger partial charge on any atom is 0.417 e. The first-order chi connectivity index (χ1) is 13.4. The molecule has 4 nitrogen and oxygen atoms in total. The van der Waals surface area contributed by atoms with Crippen molar-refractivity contribution in [2.45, 2.75) is 32.6 Å². The maximum absolute atomic E-state index is 12.2. The van der Waals surface area contributed by atoms with Crippen molar-refractivity contribution in [2.24, 2.45) is 0 Å². The van der Waals surface area contributed by atoms with Crippen LogP contribution in [0, 0.1) is 0 Å². The van der Waals surface area contributed by atoms with E-state index in [0.717, 1.165) is 17.5 Å². The Balaban J connectivity index is 1.73. The topological polar surface area (TPSA) is 58.6 Å². The number of rotatable bonds is 5. The van der Waals surface area contributed by atoms with Crippen molar-refractivity contribution >= 4 is 11.8 Å². The van der Waals surface area contributed by atoms with Gasteiger partial charge in [-0.2, -0.15) is 0 Å². The van der Waals surface area contributed by atoms with Crippen LogP contribution in [0.15, 0.2) is 72.8 Å². The van der Waals surface area contributed by atoms with Crippen molar-refractivity contribution in [2.75, 3.05) is 5.32 Å². The highest BCUT2D eigenvalue weighted by atomic mass is 16.6. The lowest BCUT2D eigenvalue weighted by atomic mass is 9.78. The fourth-order valence-corrected chi connectivity index (χ4v) is 3.07. The maximum atomic E-state index is 12.2. The number of nitrogens with one attached hydrogen (secondary N) is 1. The Morgan fingerprint density at radius 2 is 1.64 bits per heavy atom. The molecule has 0 saturated carbocycles. The van der Waals surface area contributed by atoms with Gasteiger partial charge in [0.25, 0.3) is 0 Å². The molecule has 0 aromatic heterocycles. The summed E-state index contributed by atoms with van der Waals surface area (Å²) in [6.07, 6.45) is 0.416. The largest absolute Gasteiger partial charge is 0.508 e. The van der Waals surface area contributed by atoms with Crippen LogP contribution in [-0.4, -0.2) is 11.2 Å². The molecule has 3 rings (SSSR count). The number of phenols is 1. The van der Waals surface area contributed by atoms with Crippen molar-refractivity contribution in [3.05, 3.63) is 89.5 Å². The minimum atomic E-state index is -0.524. The number of anilines is 1. The van der Waals surface area contributed by atoms with Gasteiger partial charge in [-0.25, -0.2) is 4.79 Å². The molecule has 3 aromatic carbocycles. The molecule has 0 aliphatic carbocycles. The first kappa shape index (κ1) is 19.5. The summed E-state index contributed by atoms with van der Waals surface area (Å²) in [4.78, 5) is 12.2. The molecular formula is C24H25NO3. The second kappa shape index (κ2) is 8.17. The quantitative estimate of drug-likeness (QED) is 0.584. The standard InChI is InChI=1S/C24H25NO3/c1-4-17-8-14-22(15-9-17)28-23(27)25-20-7-5-6-19(16-20)24(2,3)18-10-12-21(26)13-11-18/h5-16,26H,4H2,1-3H3,(H,25,27). The fraction of sp³-hybridized carbons (Fsp3) is 0.208. The van der Waals surface area contributed by atoms with Gasteiger partial charge in [0.15, 0.2) is 0 Å². The number of ether oxygens (including phenoxy) is 1. The van der Waals surface area contributed by atoms with Crippen LogP contribution in [0.3, 0.4) is 0 Å². The molecule has 0 spiro atoms. The molecule has 0 aliphatic rings. The molecule has 0 bridgehead atoms. The Morgan fingerprint density at radius 3 is 2.29 bits per heavy atom. The van der Waals surface area contributed by atoms with Crippen LogP contribution in [0.25, 0.3) is 0 Å². The third-order valence-corrected chi connectivity index (χ3v) is 4.96. The number of phenolic OH excluding ortho intramolecular Hbond substituents is 1. The van der Waals surface area contributed by atoms with Crippen molar-refractivity contribution < 1.29 is 14.6 Å². The predicted molar refractivity (Wildman–Crippen MR) is 112 cm³/mol. The number of aryl methyl sites for hydroxylation is 1. The second-order valence-corrected chi connectivity index (χ2v) is 7.26. The van der Waals surface area contributed by atoms with Gasteiger partial charge in [-0.05, 0) is 59.5 Å². The van der Waals surface area contributed by atoms with Gasteiger partial charge in [0, 0.05) is 11.1 Å². The van der Waals surface area contributed by atoms with Crippen molar-refractivity contribution in [3.63, 3.8) is 0 Å². The zero-order valence-electron chi connectivity index (χ0n) is 16.4. The lowest BCUT2D eigenvalue weighted by Gasteiger charge is -2.26. The number of hydrogen-bond acceptors (Lipinski definition) is 3. The third kappa shape index (κ3) is 4.52. The monoisotopic (exact) mass is 375 g/mol. The van der Waals surface area contributed by atoms with Crippen LogP contribution in [-0.2, 0) is 11.8 Å². The Labute approximate surface area is 165 Å². The fourth-order valence-electron chi connectivity index (χ4n) is 3.07. The van der Waals surface area contributed by atoms with Gasteiger partial charge in [-0.3, -0.25) is 5.32 Å². The third-order valence-electron chi connectivity index (χ3n) is 4.96. The SMILES string of the molecule is CCc1ccc(OC(=O)Nc2cccc(C(C)(C)c3ccc(O)cc3)c2)cc1. The molecule has 0 aliphatic heterocycles. The minimum Gasteiger partial charge on any atom is -0.508 e. The highest BCUT2D eigenvalue weighted by molar-refractivity contribution is 5.86. The number of benzene rings is 3. The van der Waals surface area contributed by atoms with E-state index in [1.54, 1.807) is 24.3 Å². The summed E-state index contributed by atoms with van der Waals surface area (Å²) in [6, 6.07) is 22.4. The number of hydrogen-bond donors (Lipinski definition) is 2. The predicted octanol–water partition coefficient (Wildman–Crippen LogP) is 5.89. The number of carbonyl (C=O) groups excluding carboxylic acids is 1. The number of aromatic hydroxyl groups is 1. The molecule has 28 heavy (non-hydrogen) atoms. The van der Waals surface area contributed by atoms with Crippen LogP contribution >= 0.6 is 0 Å².